The normalized spacial score (nSPS) is 12.9. The third-order valence-electron chi connectivity index (χ3n) is 10.9. The summed E-state index contributed by atoms with van der Waals surface area (Å²) in [4.78, 5) is 0. The first-order valence-electron chi connectivity index (χ1n) is 18.1. The van der Waals surface area contributed by atoms with Crippen LogP contribution in [0.3, 0.4) is 0 Å². The lowest BCUT2D eigenvalue weighted by molar-refractivity contribution is 0.795. The summed E-state index contributed by atoms with van der Waals surface area (Å²) in [5.41, 5.74) is 21.7. The van der Waals surface area contributed by atoms with Crippen LogP contribution in [0.4, 0.5) is 17.1 Å². The van der Waals surface area contributed by atoms with Crippen LogP contribution in [0.5, 0.6) is 0 Å². The fourth-order valence-electron chi connectivity index (χ4n) is 8.34. The lowest BCUT2D eigenvalue weighted by Crippen LogP contribution is -2.25. The topological polar surface area (TPSA) is 38.0 Å². The van der Waals surface area contributed by atoms with E-state index in [1.807, 2.05) is 24.3 Å². The van der Waals surface area contributed by atoms with Crippen molar-refractivity contribution in [1.82, 2.24) is 0 Å². The standard InChI is InChI=1S/C45H30N2.C4H10/c46-42-15-7-8-16-43(42)47-33-22-19-28(20-23-33)30-17-18-31-26-37-41(27-32(31)25-30)45(40-24-21-29-9-1-2-10-34(29)44(37)40)38-13-5-3-11-35(38)36-12-4-6-14-39(36)45;1-3-4-2/h1-27,47H,46H2;3-4H2,1-2H3. The van der Waals surface area contributed by atoms with Gasteiger partial charge in [0.1, 0.15) is 0 Å². The van der Waals surface area contributed by atoms with Crippen LogP contribution in [0, 0.1) is 0 Å². The summed E-state index contributed by atoms with van der Waals surface area (Å²) in [5.74, 6) is 0. The van der Waals surface area contributed by atoms with Crippen molar-refractivity contribution in [1.29, 1.82) is 0 Å². The van der Waals surface area contributed by atoms with Crippen LogP contribution in [0.25, 0.3) is 54.9 Å². The van der Waals surface area contributed by atoms with E-state index in [4.69, 9.17) is 5.73 Å². The molecule has 246 valence electrons. The van der Waals surface area contributed by atoms with Gasteiger partial charge in [-0.25, -0.2) is 0 Å². The third kappa shape index (κ3) is 4.78. The molecule has 8 aromatic carbocycles. The summed E-state index contributed by atoms with van der Waals surface area (Å²) in [6, 6.07) is 59.9. The van der Waals surface area contributed by atoms with Crippen molar-refractivity contribution in [2.45, 2.75) is 32.1 Å². The van der Waals surface area contributed by atoms with E-state index in [1.54, 1.807) is 0 Å². The van der Waals surface area contributed by atoms with E-state index in [2.05, 4.69) is 159 Å². The highest BCUT2D eigenvalue weighted by Crippen LogP contribution is 2.64. The van der Waals surface area contributed by atoms with E-state index >= 15 is 0 Å². The van der Waals surface area contributed by atoms with E-state index in [0.717, 1.165) is 17.1 Å². The number of hydrogen-bond donors (Lipinski definition) is 2. The summed E-state index contributed by atoms with van der Waals surface area (Å²) in [5, 5.41) is 8.54. The second-order valence-electron chi connectivity index (χ2n) is 13.8. The second-order valence-corrected chi connectivity index (χ2v) is 13.8. The van der Waals surface area contributed by atoms with Gasteiger partial charge in [-0.05, 0) is 120 Å². The van der Waals surface area contributed by atoms with E-state index in [0.29, 0.717) is 0 Å². The van der Waals surface area contributed by atoms with Gasteiger partial charge in [0.25, 0.3) is 0 Å². The first kappa shape index (κ1) is 30.9. The second kappa shape index (κ2) is 12.3. The Hall–Kier alpha value is -6.12. The van der Waals surface area contributed by atoms with Crippen LogP contribution < -0.4 is 11.1 Å². The highest BCUT2D eigenvalue weighted by atomic mass is 14.9. The molecule has 0 amide bonds. The lowest BCUT2D eigenvalue weighted by Gasteiger charge is -2.30. The number of para-hydroxylation sites is 2. The number of hydrogen-bond acceptors (Lipinski definition) is 2. The van der Waals surface area contributed by atoms with Crippen molar-refractivity contribution in [3.8, 4) is 33.4 Å². The molecule has 3 N–H and O–H groups in total. The number of nitrogens with one attached hydrogen (secondary N) is 1. The molecule has 0 saturated carbocycles. The molecule has 0 fully saturated rings. The summed E-state index contributed by atoms with van der Waals surface area (Å²) in [6.45, 7) is 4.36. The number of nitrogens with two attached hydrogens (primary N) is 1. The maximum absolute atomic E-state index is 6.17. The summed E-state index contributed by atoms with van der Waals surface area (Å²) < 4.78 is 0. The van der Waals surface area contributed by atoms with Crippen LogP contribution in [-0.2, 0) is 5.41 Å². The number of anilines is 3. The van der Waals surface area contributed by atoms with Gasteiger partial charge in [-0.2, -0.15) is 0 Å². The predicted octanol–water partition coefficient (Wildman–Crippen LogP) is 13.1. The molecule has 51 heavy (non-hydrogen) atoms. The van der Waals surface area contributed by atoms with Crippen molar-refractivity contribution in [3.63, 3.8) is 0 Å². The minimum atomic E-state index is -0.376. The average Bonchev–Trinajstić information content (AvgIpc) is 3.65. The van der Waals surface area contributed by atoms with Crippen molar-refractivity contribution < 1.29 is 0 Å². The zero-order chi connectivity index (χ0) is 34.5. The van der Waals surface area contributed by atoms with E-state index in [-0.39, 0.29) is 5.41 Å². The van der Waals surface area contributed by atoms with E-state index < -0.39 is 0 Å². The number of unbranched alkanes of at least 4 members (excludes halogenated alkanes) is 1. The number of rotatable bonds is 4. The third-order valence-corrected chi connectivity index (χ3v) is 10.9. The van der Waals surface area contributed by atoms with Crippen LogP contribution in [0.15, 0.2) is 164 Å². The van der Waals surface area contributed by atoms with Gasteiger partial charge in [-0.3, -0.25) is 0 Å². The van der Waals surface area contributed by atoms with Gasteiger partial charge in [0, 0.05) is 5.69 Å². The zero-order valence-electron chi connectivity index (χ0n) is 29.1. The number of benzene rings is 8. The Labute approximate surface area is 300 Å². The quantitative estimate of drug-likeness (QED) is 0.185. The minimum absolute atomic E-state index is 0.376. The van der Waals surface area contributed by atoms with Crippen molar-refractivity contribution in [3.05, 3.63) is 186 Å². The first-order chi connectivity index (χ1) is 25.1. The largest absolute Gasteiger partial charge is 0.397 e. The highest BCUT2D eigenvalue weighted by molar-refractivity contribution is 6.08. The Morgan fingerprint density at radius 1 is 0.471 bits per heavy atom. The van der Waals surface area contributed by atoms with Crippen LogP contribution >= 0.6 is 0 Å². The fraction of sp³-hybridized carbons (Fsp3) is 0.102. The Balaban J connectivity index is 0.000000830. The summed E-state index contributed by atoms with van der Waals surface area (Å²) >= 11 is 0. The summed E-state index contributed by atoms with van der Waals surface area (Å²) in [7, 11) is 0. The smallest absolute Gasteiger partial charge is 0.0725 e. The first-order valence-corrected chi connectivity index (χ1v) is 18.1. The molecule has 8 aromatic rings. The zero-order valence-corrected chi connectivity index (χ0v) is 29.1. The Morgan fingerprint density at radius 2 is 1.10 bits per heavy atom. The molecule has 2 nitrogen and oxygen atoms in total. The van der Waals surface area contributed by atoms with Gasteiger partial charge in [0.2, 0.25) is 0 Å². The predicted molar refractivity (Wildman–Crippen MR) is 218 cm³/mol. The molecule has 0 atom stereocenters. The lowest BCUT2D eigenvalue weighted by atomic mass is 9.70. The molecule has 0 aromatic heterocycles. The van der Waals surface area contributed by atoms with Gasteiger partial charge in [0.15, 0.2) is 0 Å². The maximum Gasteiger partial charge on any atom is 0.0725 e. The van der Waals surface area contributed by atoms with Crippen LogP contribution in [0.1, 0.15) is 48.9 Å². The molecule has 2 aliphatic carbocycles. The van der Waals surface area contributed by atoms with Gasteiger partial charge >= 0.3 is 0 Å². The van der Waals surface area contributed by atoms with Crippen molar-refractivity contribution in [2.75, 3.05) is 11.1 Å². The molecular formula is C49H40N2. The Bertz CT molecular complexity index is 2550. The van der Waals surface area contributed by atoms with Crippen LogP contribution in [-0.4, -0.2) is 0 Å². The molecular weight excluding hydrogens is 617 g/mol. The highest BCUT2D eigenvalue weighted by Gasteiger charge is 2.52. The SMILES string of the molecule is CCCC.Nc1ccccc1Nc1ccc(-c2ccc3cc4c(cc3c2)C2(c3ccccc3-c3ccccc32)c2ccc3ccccc3c2-4)cc1. The molecule has 0 heterocycles. The Kier molecular flexibility index (Phi) is 7.47. The molecule has 10 rings (SSSR count). The molecule has 0 aliphatic heterocycles. The minimum Gasteiger partial charge on any atom is -0.397 e. The molecule has 2 heteroatoms. The van der Waals surface area contributed by atoms with E-state index in [1.165, 1.54) is 90.0 Å². The molecule has 0 radical (unpaired) electrons. The number of nitrogen functional groups attached to an aromatic ring is 1. The summed E-state index contributed by atoms with van der Waals surface area (Å²) in [6.07, 6.45) is 2.64. The monoisotopic (exact) mass is 656 g/mol. The Morgan fingerprint density at radius 3 is 1.82 bits per heavy atom. The van der Waals surface area contributed by atoms with E-state index in [9.17, 15) is 0 Å². The van der Waals surface area contributed by atoms with Gasteiger partial charge < -0.3 is 11.1 Å². The number of fused-ring (bicyclic) bond motifs is 13. The fourth-order valence-corrected chi connectivity index (χ4v) is 8.34. The van der Waals surface area contributed by atoms with Crippen molar-refractivity contribution >= 4 is 38.6 Å². The van der Waals surface area contributed by atoms with Gasteiger partial charge in [-0.1, -0.05) is 148 Å². The molecule has 1 spiro atoms. The van der Waals surface area contributed by atoms with Gasteiger partial charge in [-0.15, -0.1) is 0 Å². The molecule has 2 aliphatic rings. The van der Waals surface area contributed by atoms with Gasteiger partial charge in [0.05, 0.1) is 16.8 Å². The van der Waals surface area contributed by atoms with Crippen molar-refractivity contribution in [2.24, 2.45) is 0 Å². The molecule has 0 saturated heterocycles. The van der Waals surface area contributed by atoms with Crippen LogP contribution in [0.2, 0.25) is 0 Å². The molecule has 0 bridgehead atoms. The maximum atomic E-state index is 6.17. The molecule has 0 unspecified atom stereocenters. The average molecular weight is 657 g/mol.